The van der Waals surface area contributed by atoms with E-state index < -0.39 is 0 Å². The van der Waals surface area contributed by atoms with Gasteiger partial charge >= 0.3 is 0 Å². The zero-order chi connectivity index (χ0) is 22.8. The van der Waals surface area contributed by atoms with E-state index in [2.05, 4.69) is 54.3 Å². The fourth-order valence-corrected chi connectivity index (χ4v) is 5.44. The minimum absolute atomic E-state index is 0.152. The highest BCUT2D eigenvalue weighted by Gasteiger charge is 2.26. The first-order valence-corrected chi connectivity index (χ1v) is 12.4. The van der Waals surface area contributed by atoms with Crippen LogP contribution < -0.4 is 0 Å². The topological polar surface area (TPSA) is 72.1 Å². The second-order valence-corrected chi connectivity index (χ2v) is 10.0. The van der Waals surface area contributed by atoms with Crippen molar-refractivity contribution in [3.05, 3.63) is 65.0 Å². The first-order valence-electron chi connectivity index (χ1n) is 11.6. The van der Waals surface area contributed by atoms with Crippen LogP contribution in [0.4, 0.5) is 0 Å². The summed E-state index contributed by atoms with van der Waals surface area (Å²) < 4.78 is 6.64. The molecule has 1 aliphatic heterocycles. The third kappa shape index (κ3) is 4.83. The van der Waals surface area contributed by atoms with Crippen molar-refractivity contribution in [2.24, 2.45) is 0 Å². The molecule has 7 heteroatoms. The Kier molecular flexibility index (Phi) is 6.22. The van der Waals surface area contributed by atoms with Crippen LogP contribution in [0.5, 0.6) is 0 Å². The first kappa shape index (κ1) is 21.8. The molecule has 5 rings (SSSR count). The van der Waals surface area contributed by atoms with Gasteiger partial charge in [0, 0.05) is 37.4 Å². The molecule has 0 unspecified atom stereocenters. The Morgan fingerprint density at radius 2 is 1.85 bits per heavy atom. The van der Waals surface area contributed by atoms with Crippen molar-refractivity contribution in [3.8, 4) is 11.4 Å². The molecule has 1 amide bonds. The second kappa shape index (κ2) is 9.43. The number of piperidine rings is 1. The number of rotatable bonds is 6. The molecule has 2 aromatic carbocycles. The molecule has 0 radical (unpaired) electrons. The van der Waals surface area contributed by atoms with E-state index in [1.54, 1.807) is 11.3 Å². The van der Waals surface area contributed by atoms with Crippen LogP contribution in [0.25, 0.3) is 21.6 Å². The van der Waals surface area contributed by atoms with E-state index in [1.165, 1.54) is 15.3 Å². The number of hydrogen-bond acceptors (Lipinski definition) is 6. The quantitative estimate of drug-likeness (QED) is 0.363. The van der Waals surface area contributed by atoms with Gasteiger partial charge in [0.2, 0.25) is 17.6 Å². The maximum atomic E-state index is 12.8. The summed E-state index contributed by atoms with van der Waals surface area (Å²) in [7, 11) is 0. The highest BCUT2D eigenvalue weighted by molar-refractivity contribution is 7.18. The molecule has 33 heavy (non-hydrogen) atoms. The zero-order valence-corrected chi connectivity index (χ0v) is 19.8. The van der Waals surface area contributed by atoms with Gasteiger partial charge in [-0.05, 0) is 36.5 Å². The molecule has 0 N–H and O–H groups in total. The number of carbonyl (C=O) groups is 1. The number of para-hydroxylation sites is 1. The van der Waals surface area contributed by atoms with Crippen molar-refractivity contribution in [3.63, 3.8) is 0 Å². The Labute approximate surface area is 197 Å². The normalized spacial score (nSPS) is 14.9. The summed E-state index contributed by atoms with van der Waals surface area (Å²) in [5.74, 6) is 2.16. The van der Waals surface area contributed by atoms with Crippen LogP contribution in [0, 0.1) is 0 Å². The van der Waals surface area contributed by atoms with Crippen molar-refractivity contribution < 1.29 is 9.32 Å². The molecular weight excluding hydrogens is 432 g/mol. The largest absolute Gasteiger partial charge is 0.343 e. The molecule has 0 atom stereocenters. The smallest absolute Gasteiger partial charge is 0.227 e. The number of carbonyl (C=O) groups excluding carboxylic acids is 1. The average Bonchev–Trinajstić information content (AvgIpc) is 3.50. The van der Waals surface area contributed by atoms with Crippen LogP contribution in [0.1, 0.15) is 61.4 Å². The Bertz CT molecular complexity index is 1200. The number of fused-ring (bicyclic) bond motifs is 1. The summed E-state index contributed by atoms with van der Waals surface area (Å²) >= 11 is 1.78. The Morgan fingerprint density at radius 1 is 1.09 bits per heavy atom. The van der Waals surface area contributed by atoms with E-state index in [9.17, 15) is 4.79 Å². The Morgan fingerprint density at radius 3 is 2.58 bits per heavy atom. The molecule has 3 heterocycles. The summed E-state index contributed by atoms with van der Waals surface area (Å²) in [5, 5.41) is 5.29. The average molecular weight is 461 g/mol. The number of aromatic nitrogens is 3. The number of aryl methyl sites for hydroxylation is 1. The zero-order valence-electron chi connectivity index (χ0n) is 19.0. The third-order valence-corrected chi connectivity index (χ3v) is 7.56. The minimum atomic E-state index is 0.152. The molecule has 1 fully saturated rings. The lowest BCUT2D eigenvalue weighted by molar-refractivity contribution is -0.132. The number of thiazole rings is 1. The summed E-state index contributed by atoms with van der Waals surface area (Å²) in [6, 6.07) is 16.5. The summed E-state index contributed by atoms with van der Waals surface area (Å²) in [6.45, 7) is 5.89. The minimum Gasteiger partial charge on any atom is -0.343 e. The van der Waals surface area contributed by atoms with Crippen molar-refractivity contribution in [1.82, 2.24) is 20.0 Å². The molecular formula is C26H28N4O2S. The van der Waals surface area contributed by atoms with E-state index in [0.29, 0.717) is 36.4 Å². The number of amides is 1. The Hall–Kier alpha value is -3.06. The fourth-order valence-electron chi connectivity index (χ4n) is 4.30. The number of benzene rings is 2. The summed E-state index contributed by atoms with van der Waals surface area (Å²) in [4.78, 5) is 24.0. The van der Waals surface area contributed by atoms with Crippen molar-refractivity contribution in [2.75, 3.05) is 13.1 Å². The van der Waals surface area contributed by atoms with Crippen LogP contribution >= 0.6 is 11.3 Å². The maximum Gasteiger partial charge on any atom is 0.227 e. The fraction of sp³-hybridized carbons (Fsp3) is 0.385. The highest BCUT2D eigenvalue weighted by atomic mass is 32.1. The molecule has 0 aliphatic carbocycles. The van der Waals surface area contributed by atoms with Gasteiger partial charge in [-0.3, -0.25) is 4.79 Å². The molecule has 0 saturated carbocycles. The molecule has 0 bridgehead atoms. The predicted octanol–water partition coefficient (Wildman–Crippen LogP) is 5.81. The van der Waals surface area contributed by atoms with Crippen molar-refractivity contribution in [2.45, 2.75) is 51.4 Å². The first-order chi connectivity index (χ1) is 16.1. The number of nitrogens with zero attached hydrogens (tertiary/aromatic N) is 4. The molecule has 0 spiro atoms. The molecule has 1 aliphatic rings. The van der Waals surface area contributed by atoms with Crippen molar-refractivity contribution in [1.29, 1.82) is 0 Å². The number of likely N-dealkylation sites (tertiary alicyclic amines) is 1. The van der Waals surface area contributed by atoms with Gasteiger partial charge in [-0.1, -0.05) is 55.4 Å². The van der Waals surface area contributed by atoms with Gasteiger partial charge in [0.1, 0.15) is 0 Å². The van der Waals surface area contributed by atoms with Crippen LogP contribution in [0.2, 0.25) is 0 Å². The lowest BCUT2D eigenvalue weighted by Crippen LogP contribution is -2.38. The molecule has 6 nitrogen and oxygen atoms in total. The maximum absolute atomic E-state index is 12.8. The lowest BCUT2D eigenvalue weighted by Gasteiger charge is -2.31. The van der Waals surface area contributed by atoms with Gasteiger partial charge in [0.25, 0.3) is 0 Å². The van der Waals surface area contributed by atoms with Crippen LogP contribution in [-0.2, 0) is 11.2 Å². The standard InChI is InChI=1S/C26H28N4O2S/c1-17(2)18-7-9-19(10-8-18)25-28-23(32-29-25)11-12-24(31)30-15-13-20(14-16-30)26-27-21-5-3-4-6-22(21)33-26/h3-10,17,20H,11-16H2,1-2H3. The van der Waals surface area contributed by atoms with Crippen molar-refractivity contribution >= 4 is 27.5 Å². The van der Waals surface area contributed by atoms with E-state index in [-0.39, 0.29) is 5.91 Å². The van der Waals surface area contributed by atoms with Gasteiger partial charge in [0.15, 0.2) is 0 Å². The van der Waals surface area contributed by atoms with E-state index in [0.717, 1.165) is 37.0 Å². The third-order valence-electron chi connectivity index (χ3n) is 6.36. The molecule has 1 saturated heterocycles. The molecule has 4 aromatic rings. The summed E-state index contributed by atoms with van der Waals surface area (Å²) in [5.41, 5.74) is 3.28. The van der Waals surface area contributed by atoms with E-state index in [4.69, 9.17) is 9.51 Å². The van der Waals surface area contributed by atoms with E-state index in [1.807, 2.05) is 23.1 Å². The van der Waals surface area contributed by atoms with Crippen LogP contribution in [0.15, 0.2) is 53.1 Å². The highest BCUT2D eigenvalue weighted by Crippen LogP contribution is 2.34. The van der Waals surface area contributed by atoms with Crippen LogP contribution in [0.3, 0.4) is 0 Å². The second-order valence-electron chi connectivity index (χ2n) is 8.96. The predicted molar refractivity (Wildman–Crippen MR) is 130 cm³/mol. The lowest BCUT2D eigenvalue weighted by atomic mass is 9.97. The molecule has 170 valence electrons. The van der Waals surface area contributed by atoms with E-state index >= 15 is 0 Å². The van der Waals surface area contributed by atoms with Gasteiger partial charge in [-0.2, -0.15) is 4.98 Å². The van der Waals surface area contributed by atoms with Gasteiger partial charge < -0.3 is 9.42 Å². The summed E-state index contributed by atoms with van der Waals surface area (Å²) in [6.07, 6.45) is 2.78. The van der Waals surface area contributed by atoms with Gasteiger partial charge in [-0.15, -0.1) is 11.3 Å². The Balaban J connectivity index is 1.13. The SMILES string of the molecule is CC(C)c1ccc(-c2noc(CCC(=O)N3CCC(c4nc5ccccc5s4)CC3)n2)cc1. The number of hydrogen-bond donors (Lipinski definition) is 0. The monoisotopic (exact) mass is 460 g/mol. The van der Waals surface area contributed by atoms with Gasteiger partial charge in [-0.25, -0.2) is 4.98 Å². The molecule has 2 aromatic heterocycles. The van der Waals surface area contributed by atoms with Crippen LogP contribution in [-0.4, -0.2) is 39.0 Å². The van der Waals surface area contributed by atoms with Gasteiger partial charge in [0.05, 0.1) is 15.2 Å².